The van der Waals surface area contributed by atoms with Crippen LogP contribution in [0.3, 0.4) is 0 Å². The number of carbonyl (C=O) groups excluding carboxylic acids is 1. The topological polar surface area (TPSA) is 71.3 Å². The lowest BCUT2D eigenvalue weighted by molar-refractivity contribution is -0.159. The van der Waals surface area contributed by atoms with Crippen molar-refractivity contribution in [1.29, 1.82) is 0 Å². The molecule has 1 N–H and O–H groups in total. The Hall–Kier alpha value is -2.58. The van der Waals surface area contributed by atoms with E-state index in [0.29, 0.717) is 25.7 Å². The molecule has 0 saturated carbocycles. The lowest BCUT2D eigenvalue weighted by Crippen LogP contribution is -2.13. The molecule has 0 fully saturated rings. The molecule has 0 atom stereocenters. The van der Waals surface area contributed by atoms with Gasteiger partial charge in [0, 0.05) is 38.3 Å². The summed E-state index contributed by atoms with van der Waals surface area (Å²) < 4.78 is 41.2. The number of amides is 1. The van der Waals surface area contributed by atoms with E-state index >= 15 is 0 Å². The average molecular weight is 370 g/mol. The van der Waals surface area contributed by atoms with Crippen molar-refractivity contribution in [3.05, 3.63) is 36.0 Å². The van der Waals surface area contributed by atoms with E-state index in [-0.39, 0.29) is 18.2 Å². The normalized spacial score (nSPS) is 11.4. The van der Waals surface area contributed by atoms with Gasteiger partial charge in [0.25, 0.3) is 0 Å². The van der Waals surface area contributed by atoms with E-state index in [1.807, 2.05) is 43.3 Å². The number of benzene rings is 1. The highest BCUT2D eigenvalue weighted by Gasteiger charge is 2.38. The molecule has 0 aliphatic rings. The quantitative estimate of drug-likeness (QED) is 0.714. The second-order valence-corrected chi connectivity index (χ2v) is 6.07. The monoisotopic (exact) mass is 370 g/mol. The molecule has 6 nitrogen and oxygen atoms in total. The fraction of sp³-hybridized carbons (Fsp3) is 0.471. The predicted molar refractivity (Wildman–Crippen MR) is 90.9 cm³/mol. The summed E-state index contributed by atoms with van der Waals surface area (Å²) in [6.07, 6.45) is -2.10. The molecule has 1 heterocycles. The van der Waals surface area contributed by atoms with E-state index < -0.39 is 12.1 Å². The summed E-state index contributed by atoms with van der Waals surface area (Å²) in [6, 6.07) is 7.51. The molecule has 1 aromatic carbocycles. The summed E-state index contributed by atoms with van der Waals surface area (Å²) in [7, 11) is 3.84. The number of aromatic nitrogens is 2. The minimum Gasteiger partial charge on any atom is -0.378 e. The van der Waals surface area contributed by atoms with Crippen LogP contribution in [0.1, 0.15) is 37.4 Å². The summed E-state index contributed by atoms with van der Waals surface area (Å²) in [4.78, 5) is 17.2. The van der Waals surface area contributed by atoms with Crippen molar-refractivity contribution in [2.75, 3.05) is 24.3 Å². The Morgan fingerprint density at radius 2 is 2.00 bits per heavy atom. The predicted octanol–water partition coefficient (Wildman–Crippen LogP) is 3.90. The Kier molecular flexibility index (Phi) is 6.59. The van der Waals surface area contributed by atoms with Crippen LogP contribution in [-0.4, -0.2) is 30.1 Å². The van der Waals surface area contributed by atoms with Gasteiger partial charge in [-0.3, -0.25) is 4.79 Å². The third kappa shape index (κ3) is 6.05. The Morgan fingerprint density at radius 1 is 1.23 bits per heavy atom. The molecule has 0 aliphatic heterocycles. The van der Waals surface area contributed by atoms with Crippen molar-refractivity contribution >= 4 is 17.3 Å². The molecule has 0 bridgehead atoms. The van der Waals surface area contributed by atoms with Gasteiger partial charge in [0.1, 0.15) is 0 Å². The van der Waals surface area contributed by atoms with E-state index in [2.05, 4.69) is 20.0 Å². The highest BCUT2D eigenvalue weighted by Crippen LogP contribution is 2.27. The van der Waals surface area contributed by atoms with Crippen molar-refractivity contribution in [3.8, 4) is 0 Å². The first-order valence-corrected chi connectivity index (χ1v) is 8.23. The highest BCUT2D eigenvalue weighted by molar-refractivity contribution is 5.91. The molecule has 1 amide bonds. The van der Waals surface area contributed by atoms with Gasteiger partial charge in [0.05, 0.1) is 0 Å². The summed E-state index contributed by atoms with van der Waals surface area (Å²) in [5.41, 5.74) is 1.72. The van der Waals surface area contributed by atoms with E-state index in [1.54, 1.807) is 0 Å². The summed E-state index contributed by atoms with van der Waals surface area (Å²) in [5.74, 6) is -1.39. The number of unbranched alkanes of at least 4 members (excludes halogenated alkanes) is 2. The van der Waals surface area contributed by atoms with Gasteiger partial charge in [-0.1, -0.05) is 17.6 Å². The maximum Gasteiger partial charge on any atom is 0.471 e. The van der Waals surface area contributed by atoms with Crippen LogP contribution in [0.4, 0.5) is 24.5 Å². The molecule has 0 aliphatic carbocycles. The van der Waals surface area contributed by atoms with Crippen LogP contribution in [0.15, 0.2) is 28.8 Å². The van der Waals surface area contributed by atoms with Crippen molar-refractivity contribution in [2.24, 2.45) is 0 Å². The summed E-state index contributed by atoms with van der Waals surface area (Å²) in [5, 5.41) is 6.14. The molecular formula is C17H21F3N4O2. The van der Waals surface area contributed by atoms with Gasteiger partial charge in [-0.05, 0) is 31.0 Å². The fourth-order valence-corrected chi connectivity index (χ4v) is 2.30. The largest absolute Gasteiger partial charge is 0.471 e. The Bertz CT molecular complexity index is 729. The van der Waals surface area contributed by atoms with Crippen LogP contribution in [0.25, 0.3) is 0 Å². The molecule has 0 saturated heterocycles. The van der Waals surface area contributed by atoms with E-state index in [9.17, 15) is 18.0 Å². The van der Waals surface area contributed by atoms with Gasteiger partial charge in [-0.15, -0.1) is 0 Å². The van der Waals surface area contributed by atoms with Crippen LogP contribution in [0.2, 0.25) is 0 Å². The SMILES string of the molecule is CN(C)c1cccc(NC(=O)CCCCCc2noc(C(F)(F)F)n2)c1. The molecule has 2 aromatic rings. The molecular weight excluding hydrogens is 349 g/mol. The number of aryl methyl sites for hydroxylation is 1. The fourth-order valence-electron chi connectivity index (χ4n) is 2.30. The number of halogens is 3. The highest BCUT2D eigenvalue weighted by atomic mass is 19.4. The number of hydrogen-bond acceptors (Lipinski definition) is 5. The van der Waals surface area contributed by atoms with Gasteiger partial charge in [0.15, 0.2) is 5.82 Å². The van der Waals surface area contributed by atoms with Gasteiger partial charge in [-0.25, -0.2) is 0 Å². The van der Waals surface area contributed by atoms with Crippen molar-refractivity contribution in [1.82, 2.24) is 10.1 Å². The minimum absolute atomic E-state index is 0.0299. The number of nitrogens with one attached hydrogen (secondary N) is 1. The molecule has 9 heteroatoms. The zero-order valence-electron chi connectivity index (χ0n) is 14.6. The molecule has 0 radical (unpaired) electrons. The number of alkyl halides is 3. The van der Waals surface area contributed by atoms with Crippen molar-refractivity contribution < 1.29 is 22.5 Å². The van der Waals surface area contributed by atoms with Gasteiger partial charge >= 0.3 is 12.1 Å². The number of hydrogen-bond donors (Lipinski definition) is 1. The number of anilines is 2. The molecule has 0 unspecified atom stereocenters. The van der Waals surface area contributed by atoms with Crippen LogP contribution >= 0.6 is 0 Å². The molecule has 142 valence electrons. The Labute approximate surface area is 149 Å². The summed E-state index contributed by atoms with van der Waals surface area (Å²) >= 11 is 0. The maximum atomic E-state index is 12.3. The van der Waals surface area contributed by atoms with Crippen LogP contribution in [0.5, 0.6) is 0 Å². The number of carbonyl (C=O) groups is 1. The molecule has 1 aromatic heterocycles. The van der Waals surface area contributed by atoms with Crippen LogP contribution < -0.4 is 10.2 Å². The zero-order chi connectivity index (χ0) is 19.2. The lowest BCUT2D eigenvalue weighted by Gasteiger charge is -2.14. The molecule has 2 rings (SSSR count). The lowest BCUT2D eigenvalue weighted by atomic mass is 10.1. The van der Waals surface area contributed by atoms with Crippen LogP contribution in [0, 0.1) is 0 Å². The standard InChI is InChI=1S/C17H21F3N4O2/c1-24(2)13-8-6-7-12(11-13)21-15(25)10-5-3-4-9-14-22-16(26-23-14)17(18,19)20/h6-8,11H,3-5,9-10H2,1-2H3,(H,21,25). The summed E-state index contributed by atoms with van der Waals surface area (Å²) in [6.45, 7) is 0. The van der Waals surface area contributed by atoms with E-state index in [4.69, 9.17) is 0 Å². The first kappa shape index (κ1) is 19.7. The smallest absolute Gasteiger partial charge is 0.378 e. The first-order valence-electron chi connectivity index (χ1n) is 8.23. The average Bonchev–Trinajstić information content (AvgIpc) is 3.04. The first-order chi connectivity index (χ1) is 12.3. The second-order valence-electron chi connectivity index (χ2n) is 6.07. The van der Waals surface area contributed by atoms with E-state index in [1.165, 1.54) is 0 Å². The third-order valence-electron chi connectivity index (χ3n) is 3.66. The third-order valence-corrected chi connectivity index (χ3v) is 3.66. The van der Waals surface area contributed by atoms with Crippen molar-refractivity contribution in [3.63, 3.8) is 0 Å². The second kappa shape index (κ2) is 8.68. The zero-order valence-corrected chi connectivity index (χ0v) is 14.6. The van der Waals surface area contributed by atoms with E-state index in [0.717, 1.165) is 11.4 Å². The molecule has 26 heavy (non-hydrogen) atoms. The van der Waals surface area contributed by atoms with Gasteiger partial charge < -0.3 is 14.7 Å². The van der Waals surface area contributed by atoms with Crippen molar-refractivity contribution in [2.45, 2.75) is 38.3 Å². The minimum atomic E-state index is -4.62. The number of rotatable bonds is 8. The molecule has 0 spiro atoms. The number of nitrogens with zero attached hydrogens (tertiary/aromatic N) is 3. The van der Waals surface area contributed by atoms with Crippen LogP contribution in [-0.2, 0) is 17.4 Å². The van der Waals surface area contributed by atoms with Gasteiger partial charge in [0.2, 0.25) is 5.91 Å². The van der Waals surface area contributed by atoms with Gasteiger partial charge in [-0.2, -0.15) is 18.2 Å². The Balaban J connectivity index is 1.67. The Morgan fingerprint density at radius 3 is 2.65 bits per heavy atom. The maximum absolute atomic E-state index is 12.3.